The minimum atomic E-state index is -4.39. The summed E-state index contributed by atoms with van der Waals surface area (Å²) in [5.41, 5.74) is 1.56. The molecule has 1 aromatic carbocycles. The number of halogens is 3. The van der Waals surface area contributed by atoms with Gasteiger partial charge in [0.15, 0.2) is 0 Å². The molecule has 0 aliphatic carbocycles. The van der Waals surface area contributed by atoms with Crippen LogP contribution in [-0.2, 0) is 19.3 Å². The van der Waals surface area contributed by atoms with Crippen molar-refractivity contribution in [3.8, 4) is 0 Å². The molecule has 172 valence electrons. The molecule has 10 heteroatoms. The monoisotopic (exact) mass is 474 g/mol. The third kappa shape index (κ3) is 5.16. The number of carbonyl (C=O) groups is 2. The maximum Gasteiger partial charge on any atom is 0.416 e. The van der Waals surface area contributed by atoms with Crippen LogP contribution in [0.3, 0.4) is 0 Å². The lowest BCUT2D eigenvalue weighted by Gasteiger charge is -2.18. The number of urea groups is 1. The second kappa shape index (κ2) is 9.22. The van der Waals surface area contributed by atoms with Crippen LogP contribution in [0.15, 0.2) is 54.9 Å². The molecule has 0 atom stereocenters. The van der Waals surface area contributed by atoms with E-state index in [4.69, 9.17) is 0 Å². The summed E-state index contributed by atoms with van der Waals surface area (Å²) < 4.78 is 38.3. The molecule has 6 nitrogen and oxygen atoms in total. The number of amides is 3. The predicted octanol–water partition coefficient (Wildman–Crippen LogP) is 4.84. The number of benzene rings is 1. The van der Waals surface area contributed by atoms with Gasteiger partial charge >= 0.3 is 12.2 Å². The highest BCUT2D eigenvalue weighted by Crippen LogP contribution is 2.33. The van der Waals surface area contributed by atoms with Crippen LogP contribution in [0.4, 0.5) is 23.0 Å². The number of alkyl halides is 3. The molecule has 3 heterocycles. The Balaban J connectivity index is 1.40. The molecule has 1 N–H and O–H groups in total. The zero-order valence-electron chi connectivity index (χ0n) is 17.7. The van der Waals surface area contributed by atoms with Crippen LogP contribution in [0, 0.1) is 6.92 Å². The smallest absolute Gasteiger partial charge is 0.347 e. The molecule has 3 aromatic rings. The highest BCUT2D eigenvalue weighted by Gasteiger charge is 2.32. The van der Waals surface area contributed by atoms with Gasteiger partial charge in [-0.05, 0) is 47.9 Å². The molecule has 2 aromatic heterocycles. The van der Waals surface area contributed by atoms with Gasteiger partial charge in [0.05, 0.1) is 10.4 Å². The summed E-state index contributed by atoms with van der Waals surface area (Å²) in [5, 5.41) is 3.53. The molecule has 0 bridgehead atoms. The molecule has 1 aliphatic rings. The number of nitrogens with zero attached hydrogens (tertiary/aromatic N) is 3. The Morgan fingerprint density at radius 2 is 1.91 bits per heavy atom. The topological polar surface area (TPSA) is 65.5 Å². The Kier molecular flexibility index (Phi) is 6.37. The van der Waals surface area contributed by atoms with E-state index in [1.165, 1.54) is 23.5 Å². The lowest BCUT2D eigenvalue weighted by molar-refractivity contribution is -0.137. The number of pyridine rings is 1. The van der Waals surface area contributed by atoms with Gasteiger partial charge in [0.2, 0.25) is 0 Å². The number of carbonyl (C=O) groups excluding carboxylic acids is 2. The molecule has 0 saturated carbocycles. The third-order valence-corrected chi connectivity index (χ3v) is 6.56. The quantitative estimate of drug-likeness (QED) is 0.556. The first-order valence-corrected chi connectivity index (χ1v) is 11.0. The zero-order valence-corrected chi connectivity index (χ0v) is 18.5. The van der Waals surface area contributed by atoms with Crippen molar-refractivity contribution in [3.63, 3.8) is 0 Å². The number of aromatic nitrogens is 1. The fraction of sp³-hybridized carbons (Fsp3) is 0.261. The Morgan fingerprint density at radius 3 is 2.58 bits per heavy atom. The Labute approximate surface area is 192 Å². The van der Waals surface area contributed by atoms with Crippen molar-refractivity contribution in [2.24, 2.45) is 0 Å². The van der Waals surface area contributed by atoms with Gasteiger partial charge in [0.1, 0.15) is 5.00 Å². The van der Waals surface area contributed by atoms with E-state index in [1.54, 1.807) is 28.3 Å². The van der Waals surface area contributed by atoms with E-state index in [0.717, 1.165) is 23.3 Å². The van der Waals surface area contributed by atoms with Crippen LogP contribution in [0.5, 0.6) is 0 Å². The molecule has 0 unspecified atom stereocenters. The fourth-order valence-corrected chi connectivity index (χ4v) is 4.65. The number of anilines is 1. The fourth-order valence-electron chi connectivity index (χ4n) is 3.54. The molecule has 4 rings (SSSR count). The van der Waals surface area contributed by atoms with E-state index in [-0.39, 0.29) is 18.5 Å². The summed E-state index contributed by atoms with van der Waals surface area (Å²) >= 11 is 1.24. The summed E-state index contributed by atoms with van der Waals surface area (Å²) in [6.45, 7) is 3.27. The first-order chi connectivity index (χ1) is 15.7. The highest BCUT2D eigenvalue weighted by atomic mass is 32.1. The number of nitrogens with one attached hydrogen (secondary N) is 1. The van der Waals surface area contributed by atoms with Gasteiger partial charge in [-0.3, -0.25) is 14.7 Å². The molecular weight excluding hydrogens is 453 g/mol. The Morgan fingerprint density at radius 1 is 1.15 bits per heavy atom. The van der Waals surface area contributed by atoms with Crippen molar-refractivity contribution in [1.82, 2.24) is 15.2 Å². The third-order valence-electron chi connectivity index (χ3n) is 5.30. The van der Waals surface area contributed by atoms with Gasteiger partial charge in [-0.25, -0.2) is 4.79 Å². The first-order valence-electron chi connectivity index (χ1n) is 10.2. The van der Waals surface area contributed by atoms with E-state index in [0.29, 0.717) is 35.1 Å². The summed E-state index contributed by atoms with van der Waals surface area (Å²) in [7, 11) is 0. The lowest BCUT2D eigenvalue weighted by atomic mass is 10.1. The summed E-state index contributed by atoms with van der Waals surface area (Å²) in [5.74, 6) is -0.221. The zero-order chi connectivity index (χ0) is 23.6. The second-order valence-electron chi connectivity index (χ2n) is 7.69. The molecule has 1 fully saturated rings. The van der Waals surface area contributed by atoms with Crippen LogP contribution in [0.1, 0.15) is 31.9 Å². The lowest BCUT2D eigenvalue weighted by Crippen LogP contribution is -2.31. The molecule has 0 spiro atoms. The van der Waals surface area contributed by atoms with Gasteiger partial charge in [-0.1, -0.05) is 18.2 Å². The molecule has 1 saturated heterocycles. The average Bonchev–Trinajstić information content (AvgIpc) is 3.35. The van der Waals surface area contributed by atoms with Crippen molar-refractivity contribution in [1.29, 1.82) is 0 Å². The van der Waals surface area contributed by atoms with Crippen LogP contribution in [0.25, 0.3) is 0 Å². The summed E-state index contributed by atoms with van der Waals surface area (Å²) in [6.07, 6.45) is -1.05. The largest absolute Gasteiger partial charge is 0.416 e. The number of aryl methyl sites for hydroxylation is 1. The highest BCUT2D eigenvalue weighted by molar-refractivity contribution is 7.18. The second-order valence-corrected chi connectivity index (χ2v) is 8.72. The minimum Gasteiger partial charge on any atom is -0.347 e. The molecule has 1 aliphatic heterocycles. The standard InChI is InChI=1S/C23H21F3N4O2S/c1-15-11-19(33-20(15)21(31)28-13-17-3-2-8-27-12-17)30-10-9-29(22(30)32)14-16-4-6-18(7-5-16)23(24,25)26/h2-8,11-12H,9-10,13-14H2,1H3,(H,28,31). The predicted molar refractivity (Wildman–Crippen MR) is 119 cm³/mol. The average molecular weight is 475 g/mol. The number of rotatable bonds is 6. The molecular formula is C23H21F3N4O2S. The summed E-state index contributed by atoms with van der Waals surface area (Å²) in [6, 6.07) is 10.1. The van der Waals surface area contributed by atoms with Crippen LogP contribution in [0.2, 0.25) is 0 Å². The van der Waals surface area contributed by atoms with Crippen LogP contribution >= 0.6 is 11.3 Å². The Hall–Kier alpha value is -3.40. The van der Waals surface area contributed by atoms with Gasteiger partial charge in [0, 0.05) is 38.6 Å². The molecule has 0 radical (unpaired) electrons. The van der Waals surface area contributed by atoms with E-state index in [1.807, 2.05) is 19.1 Å². The molecule has 33 heavy (non-hydrogen) atoms. The van der Waals surface area contributed by atoms with Gasteiger partial charge in [-0.15, -0.1) is 11.3 Å². The molecule has 3 amide bonds. The number of hydrogen-bond donors (Lipinski definition) is 1. The maximum atomic E-state index is 12.9. The summed E-state index contributed by atoms with van der Waals surface area (Å²) in [4.78, 5) is 33.3. The van der Waals surface area contributed by atoms with E-state index >= 15 is 0 Å². The van der Waals surface area contributed by atoms with Gasteiger partial charge < -0.3 is 10.2 Å². The van der Waals surface area contributed by atoms with Crippen LogP contribution < -0.4 is 10.2 Å². The normalized spacial score (nSPS) is 14.1. The van der Waals surface area contributed by atoms with Crippen molar-refractivity contribution >= 4 is 28.3 Å². The maximum absolute atomic E-state index is 12.9. The van der Waals surface area contributed by atoms with Crippen molar-refractivity contribution < 1.29 is 22.8 Å². The van der Waals surface area contributed by atoms with E-state index in [9.17, 15) is 22.8 Å². The number of thiophene rings is 1. The van der Waals surface area contributed by atoms with Crippen LogP contribution in [-0.4, -0.2) is 34.9 Å². The minimum absolute atomic E-state index is 0.219. The van der Waals surface area contributed by atoms with Crippen molar-refractivity contribution in [2.75, 3.05) is 18.0 Å². The Bertz CT molecular complexity index is 1150. The number of hydrogen-bond acceptors (Lipinski definition) is 4. The van der Waals surface area contributed by atoms with E-state index < -0.39 is 11.7 Å². The van der Waals surface area contributed by atoms with Gasteiger partial charge in [-0.2, -0.15) is 13.2 Å². The SMILES string of the molecule is Cc1cc(N2CCN(Cc3ccc(C(F)(F)F)cc3)C2=O)sc1C(=O)NCc1cccnc1. The first kappa shape index (κ1) is 22.8. The van der Waals surface area contributed by atoms with E-state index in [2.05, 4.69) is 10.3 Å². The van der Waals surface area contributed by atoms with Crippen molar-refractivity contribution in [3.05, 3.63) is 82.0 Å². The van der Waals surface area contributed by atoms with Crippen molar-refractivity contribution in [2.45, 2.75) is 26.2 Å². The van der Waals surface area contributed by atoms with Gasteiger partial charge in [0.25, 0.3) is 5.91 Å².